The van der Waals surface area contributed by atoms with Gasteiger partial charge in [0.05, 0.1) is 9.20 Å². The van der Waals surface area contributed by atoms with Crippen LogP contribution in [0.3, 0.4) is 0 Å². The minimum Gasteiger partial charge on any atom is -0.313 e. The molecule has 0 aliphatic heterocycles. The maximum Gasteiger partial charge on any atom is 0.266 e. The molecule has 0 aliphatic rings. The van der Waals surface area contributed by atoms with Crippen molar-refractivity contribution in [1.82, 2.24) is 9.97 Å². The van der Waals surface area contributed by atoms with Crippen LogP contribution in [0, 0.1) is 0 Å². The van der Waals surface area contributed by atoms with E-state index in [4.69, 9.17) is 0 Å². The molecule has 0 atom stereocenters. The molecule has 5 heteroatoms. The molecule has 0 unspecified atom stereocenters. The Morgan fingerprint density at radius 1 is 1.09 bits per heavy atom. The largest absolute Gasteiger partial charge is 0.313 e. The Bertz CT molecular complexity index is 957. The Hall–Kier alpha value is -2.79. The topological polar surface area (TPSA) is 62.8 Å². The average molecular weight is 308 g/mol. The van der Waals surface area contributed by atoms with Gasteiger partial charge >= 0.3 is 0 Å². The maximum absolute atomic E-state index is 12.1. The predicted octanol–water partition coefficient (Wildman–Crippen LogP) is 1.32. The summed E-state index contributed by atoms with van der Waals surface area (Å²) in [5.41, 5.74) is 1.29. The van der Waals surface area contributed by atoms with E-state index in [1.165, 1.54) is 17.4 Å². The Kier molecular flexibility index (Phi) is 4.07. The van der Waals surface area contributed by atoms with Crippen LogP contribution in [0.2, 0.25) is 0 Å². The number of carbonyl (C=O) groups excluding carboxylic acids is 1. The molecule has 1 aromatic carbocycles. The fourth-order valence-electron chi connectivity index (χ4n) is 1.94. The Morgan fingerprint density at radius 3 is 2.55 bits per heavy atom. The number of hydrogen-bond acceptors (Lipinski definition) is 4. The molecule has 0 amide bonds. The lowest BCUT2D eigenvalue weighted by atomic mass is 10.2. The number of benzene rings is 1. The number of rotatable bonds is 3. The van der Waals surface area contributed by atoms with Gasteiger partial charge in [-0.15, -0.1) is 11.3 Å². The maximum atomic E-state index is 12.1. The molecule has 0 fully saturated rings. The molecule has 0 radical (unpaired) electrons. The quantitative estimate of drug-likeness (QED) is 0.742. The van der Waals surface area contributed by atoms with Gasteiger partial charge in [0.25, 0.3) is 5.56 Å². The zero-order chi connectivity index (χ0) is 15.4. The van der Waals surface area contributed by atoms with Gasteiger partial charge in [0.2, 0.25) is 0 Å². The number of ketones is 1. The standard InChI is InChI=1S/C17H12N2O2S/c20-14(13-6-8-18-9-7-13)11-16-19-17(21)15(22-16)10-12-4-2-1-3-5-12/h1-11H,(H,19,21)/b15-10+,16-11+. The summed E-state index contributed by atoms with van der Waals surface area (Å²) >= 11 is 1.26. The highest BCUT2D eigenvalue weighted by Crippen LogP contribution is 1.99. The smallest absolute Gasteiger partial charge is 0.266 e. The average Bonchev–Trinajstić information content (AvgIpc) is 2.88. The molecule has 3 rings (SSSR count). The summed E-state index contributed by atoms with van der Waals surface area (Å²) < 4.78 is 1.11. The van der Waals surface area contributed by atoms with Gasteiger partial charge in [-0.1, -0.05) is 30.3 Å². The van der Waals surface area contributed by atoms with Gasteiger partial charge in [-0.2, -0.15) is 0 Å². The number of nitrogens with zero attached hydrogens (tertiary/aromatic N) is 1. The third-order valence-corrected chi connectivity index (χ3v) is 3.97. The molecule has 2 aromatic heterocycles. The van der Waals surface area contributed by atoms with Crippen LogP contribution in [0.15, 0.2) is 59.7 Å². The first-order valence-corrected chi connectivity index (χ1v) is 7.46. The monoisotopic (exact) mass is 308 g/mol. The van der Waals surface area contributed by atoms with Crippen molar-refractivity contribution in [3.8, 4) is 0 Å². The Balaban J connectivity index is 2.00. The molecule has 0 spiro atoms. The summed E-state index contributed by atoms with van der Waals surface area (Å²) in [6, 6.07) is 12.9. The molecule has 2 heterocycles. The summed E-state index contributed by atoms with van der Waals surface area (Å²) in [6.07, 6.45) is 6.36. The SMILES string of the molecule is O=C(/C=c1\[nH]c(=O)/c(=C\c2ccccc2)s1)c1ccncc1. The number of carbonyl (C=O) groups is 1. The van der Waals surface area contributed by atoms with Crippen molar-refractivity contribution in [1.29, 1.82) is 0 Å². The van der Waals surface area contributed by atoms with Gasteiger partial charge in [-0.3, -0.25) is 14.6 Å². The second-order valence-electron chi connectivity index (χ2n) is 4.58. The van der Waals surface area contributed by atoms with Gasteiger partial charge < -0.3 is 4.98 Å². The summed E-state index contributed by atoms with van der Waals surface area (Å²) in [6.45, 7) is 0. The third kappa shape index (κ3) is 3.27. The van der Waals surface area contributed by atoms with Gasteiger partial charge in [0.1, 0.15) is 0 Å². The van der Waals surface area contributed by atoms with E-state index in [0.29, 0.717) is 14.8 Å². The Morgan fingerprint density at radius 2 is 1.82 bits per heavy atom. The molecule has 0 saturated heterocycles. The lowest BCUT2D eigenvalue weighted by Gasteiger charge is -1.91. The number of aromatic nitrogens is 2. The van der Waals surface area contributed by atoms with E-state index < -0.39 is 0 Å². The lowest BCUT2D eigenvalue weighted by Crippen LogP contribution is -2.19. The van der Waals surface area contributed by atoms with Crippen LogP contribution in [0.4, 0.5) is 0 Å². The highest BCUT2D eigenvalue weighted by Gasteiger charge is 2.02. The summed E-state index contributed by atoms with van der Waals surface area (Å²) in [5, 5.41) is 0. The van der Waals surface area contributed by atoms with Crippen molar-refractivity contribution in [3.05, 3.63) is 85.5 Å². The summed E-state index contributed by atoms with van der Waals surface area (Å²) in [4.78, 5) is 30.6. The van der Waals surface area contributed by atoms with Crippen LogP contribution in [0.25, 0.3) is 12.2 Å². The minimum absolute atomic E-state index is 0.161. The van der Waals surface area contributed by atoms with Crippen LogP contribution < -0.4 is 14.8 Å². The molecule has 0 bridgehead atoms. The first-order chi connectivity index (χ1) is 10.7. The van der Waals surface area contributed by atoms with Crippen molar-refractivity contribution in [2.24, 2.45) is 0 Å². The van der Waals surface area contributed by atoms with E-state index in [0.717, 1.165) is 5.56 Å². The molecule has 0 aliphatic carbocycles. The molecule has 22 heavy (non-hydrogen) atoms. The van der Waals surface area contributed by atoms with Crippen LogP contribution in [-0.4, -0.2) is 15.8 Å². The van der Waals surface area contributed by atoms with Crippen LogP contribution in [0.1, 0.15) is 15.9 Å². The van der Waals surface area contributed by atoms with Gasteiger partial charge in [0.15, 0.2) is 5.78 Å². The first kappa shape index (κ1) is 14.2. The fourth-order valence-corrected chi connectivity index (χ4v) is 2.83. The zero-order valence-electron chi connectivity index (χ0n) is 11.5. The molecular weight excluding hydrogens is 296 g/mol. The number of nitrogens with one attached hydrogen (secondary N) is 1. The fraction of sp³-hybridized carbons (Fsp3) is 0. The number of Topliss-reactive ketones (excluding diaryl/α,β-unsaturated/α-hetero) is 1. The van der Waals surface area contributed by atoms with Gasteiger partial charge in [-0.05, 0) is 23.8 Å². The van der Waals surface area contributed by atoms with E-state index in [1.807, 2.05) is 30.3 Å². The summed E-state index contributed by atoms with van der Waals surface area (Å²) in [5.74, 6) is -0.161. The van der Waals surface area contributed by atoms with Crippen LogP contribution in [0.5, 0.6) is 0 Å². The van der Waals surface area contributed by atoms with Crippen molar-refractivity contribution < 1.29 is 4.79 Å². The van der Waals surface area contributed by atoms with Gasteiger partial charge in [-0.25, -0.2) is 0 Å². The minimum atomic E-state index is -0.192. The summed E-state index contributed by atoms with van der Waals surface area (Å²) in [7, 11) is 0. The van der Waals surface area contributed by atoms with Crippen molar-refractivity contribution >= 4 is 29.3 Å². The second kappa shape index (κ2) is 6.32. The Labute approximate surface area is 130 Å². The number of hydrogen-bond donors (Lipinski definition) is 1. The number of thiazole rings is 1. The van der Waals surface area contributed by atoms with E-state index in [-0.39, 0.29) is 11.3 Å². The first-order valence-electron chi connectivity index (χ1n) is 6.64. The van der Waals surface area contributed by atoms with E-state index in [1.54, 1.807) is 30.6 Å². The highest BCUT2D eigenvalue weighted by molar-refractivity contribution is 7.07. The molecule has 3 aromatic rings. The number of H-pyrrole nitrogens is 1. The van der Waals surface area contributed by atoms with Crippen LogP contribution >= 0.6 is 11.3 Å². The van der Waals surface area contributed by atoms with Crippen molar-refractivity contribution in [3.63, 3.8) is 0 Å². The normalized spacial score (nSPS) is 12.5. The molecule has 108 valence electrons. The van der Waals surface area contributed by atoms with Crippen molar-refractivity contribution in [2.75, 3.05) is 0 Å². The van der Waals surface area contributed by atoms with E-state index >= 15 is 0 Å². The lowest BCUT2D eigenvalue weighted by molar-refractivity contribution is 0.106. The molecule has 1 N–H and O–H groups in total. The van der Waals surface area contributed by atoms with E-state index in [2.05, 4.69) is 9.97 Å². The zero-order valence-corrected chi connectivity index (χ0v) is 12.3. The van der Waals surface area contributed by atoms with Crippen molar-refractivity contribution in [2.45, 2.75) is 0 Å². The molecule has 4 nitrogen and oxygen atoms in total. The highest BCUT2D eigenvalue weighted by atomic mass is 32.1. The molecular formula is C17H12N2O2S. The second-order valence-corrected chi connectivity index (χ2v) is 5.67. The number of pyridine rings is 1. The molecule has 0 saturated carbocycles. The number of aromatic amines is 1. The predicted molar refractivity (Wildman–Crippen MR) is 87.2 cm³/mol. The van der Waals surface area contributed by atoms with Crippen LogP contribution in [-0.2, 0) is 0 Å². The van der Waals surface area contributed by atoms with Gasteiger partial charge in [0, 0.05) is 24.0 Å². The third-order valence-electron chi connectivity index (χ3n) is 3.00. The van der Waals surface area contributed by atoms with E-state index in [9.17, 15) is 9.59 Å².